The standard InChI is InChI=1S/C19H23N3O2/c1-14(2)16-8-10-17(11-9-16)21-19(23)13-24-22-18(20)12-15-6-4-3-5-7-15/h3-11,14H,12-13H2,1-2H3,(H2,20,22)(H,21,23). The van der Waals surface area contributed by atoms with Gasteiger partial charge in [0.05, 0.1) is 0 Å². The molecular formula is C19H23N3O2. The molecule has 1 amide bonds. The second-order valence-electron chi connectivity index (χ2n) is 5.84. The number of hydrogen-bond donors (Lipinski definition) is 2. The molecule has 0 saturated carbocycles. The molecule has 0 spiro atoms. The Labute approximate surface area is 142 Å². The lowest BCUT2D eigenvalue weighted by Crippen LogP contribution is -2.20. The number of carbonyl (C=O) groups is 1. The van der Waals surface area contributed by atoms with E-state index in [4.69, 9.17) is 10.6 Å². The van der Waals surface area contributed by atoms with Crippen LogP contribution in [0.25, 0.3) is 0 Å². The summed E-state index contributed by atoms with van der Waals surface area (Å²) in [6.07, 6.45) is 0.485. The van der Waals surface area contributed by atoms with Crippen molar-refractivity contribution in [2.24, 2.45) is 10.9 Å². The third-order valence-corrected chi connectivity index (χ3v) is 3.47. The maximum absolute atomic E-state index is 11.8. The number of rotatable bonds is 7. The lowest BCUT2D eigenvalue weighted by atomic mass is 10.0. The van der Waals surface area contributed by atoms with Crippen LogP contribution in [0, 0.1) is 0 Å². The number of nitrogens with zero attached hydrogens (tertiary/aromatic N) is 1. The zero-order valence-corrected chi connectivity index (χ0v) is 14.0. The number of nitrogens with two attached hydrogens (primary N) is 1. The summed E-state index contributed by atoms with van der Waals surface area (Å²) in [6.45, 7) is 4.07. The zero-order chi connectivity index (χ0) is 17.4. The highest BCUT2D eigenvalue weighted by atomic mass is 16.6. The van der Waals surface area contributed by atoms with Gasteiger partial charge in [0.1, 0.15) is 5.84 Å². The molecule has 2 rings (SSSR count). The van der Waals surface area contributed by atoms with Gasteiger partial charge in [-0.05, 0) is 29.2 Å². The molecule has 3 N–H and O–H groups in total. The highest BCUT2D eigenvalue weighted by molar-refractivity contribution is 5.91. The molecule has 126 valence electrons. The molecule has 5 heteroatoms. The maximum Gasteiger partial charge on any atom is 0.265 e. The molecule has 0 fully saturated rings. The molecule has 5 nitrogen and oxygen atoms in total. The summed E-state index contributed by atoms with van der Waals surface area (Å²) in [6, 6.07) is 17.5. The van der Waals surface area contributed by atoms with Crippen LogP contribution in [-0.4, -0.2) is 18.3 Å². The number of oxime groups is 1. The molecule has 0 aliphatic carbocycles. The van der Waals surface area contributed by atoms with E-state index < -0.39 is 0 Å². The van der Waals surface area contributed by atoms with Gasteiger partial charge in [-0.3, -0.25) is 4.79 Å². The normalized spacial score (nSPS) is 11.4. The van der Waals surface area contributed by atoms with Gasteiger partial charge in [-0.15, -0.1) is 0 Å². The molecule has 0 heterocycles. The summed E-state index contributed by atoms with van der Waals surface area (Å²) in [7, 11) is 0. The molecule has 0 aliphatic heterocycles. The second kappa shape index (κ2) is 8.72. The van der Waals surface area contributed by atoms with Crippen molar-refractivity contribution in [3.63, 3.8) is 0 Å². The van der Waals surface area contributed by atoms with Gasteiger partial charge in [0, 0.05) is 12.1 Å². The molecular weight excluding hydrogens is 302 g/mol. The first-order chi connectivity index (χ1) is 11.5. The second-order valence-corrected chi connectivity index (χ2v) is 5.84. The van der Waals surface area contributed by atoms with Crippen molar-refractivity contribution in [1.82, 2.24) is 0 Å². The average molecular weight is 325 g/mol. The predicted molar refractivity (Wildman–Crippen MR) is 96.9 cm³/mol. The van der Waals surface area contributed by atoms with E-state index >= 15 is 0 Å². The van der Waals surface area contributed by atoms with E-state index in [1.807, 2.05) is 54.6 Å². The molecule has 0 radical (unpaired) electrons. The van der Waals surface area contributed by atoms with Crippen molar-refractivity contribution in [3.8, 4) is 0 Å². The molecule has 0 saturated heterocycles. The topological polar surface area (TPSA) is 76.7 Å². The summed E-state index contributed by atoms with van der Waals surface area (Å²) < 4.78 is 0. The highest BCUT2D eigenvalue weighted by Gasteiger charge is 2.04. The minimum atomic E-state index is -0.274. The van der Waals surface area contributed by atoms with Crippen LogP contribution in [-0.2, 0) is 16.1 Å². The van der Waals surface area contributed by atoms with E-state index in [1.54, 1.807) is 0 Å². The smallest absolute Gasteiger partial charge is 0.265 e. The van der Waals surface area contributed by atoms with Crippen LogP contribution in [0.3, 0.4) is 0 Å². The first kappa shape index (κ1) is 17.5. The number of nitrogens with one attached hydrogen (secondary N) is 1. The van der Waals surface area contributed by atoms with Crippen molar-refractivity contribution in [1.29, 1.82) is 0 Å². The molecule has 24 heavy (non-hydrogen) atoms. The van der Waals surface area contributed by atoms with Crippen molar-refractivity contribution < 1.29 is 9.63 Å². The van der Waals surface area contributed by atoms with Gasteiger partial charge in [-0.2, -0.15) is 0 Å². The molecule has 0 atom stereocenters. The Morgan fingerprint density at radius 2 is 1.79 bits per heavy atom. The summed E-state index contributed by atoms with van der Waals surface area (Å²) in [5, 5.41) is 6.53. The van der Waals surface area contributed by atoms with Crippen molar-refractivity contribution >= 4 is 17.4 Å². The van der Waals surface area contributed by atoms with Gasteiger partial charge in [0.25, 0.3) is 5.91 Å². The van der Waals surface area contributed by atoms with E-state index in [-0.39, 0.29) is 12.5 Å². The largest absolute Gasteiger partial charge is 0.384 e. The molecule has 0 bridgehead atoms. The third kappa shape index (κ3) is 5.76. The minimum Gasteiger partial charge on any atom is -0.384 e. The van der Waals surface area contributed by atoms with Crippen molar-refractivity contribution in [2.45, 2.75) is 26.2 Å². The molecule has 2 aromatic carbocycles. The zero-order valence-electron chi connectivity index (χ0n) is 14.0. The monoisotopic (exact) mass is 325 g/mol. The molecule has 0 aromatic heterocycles. The van der Waals surface area contributed by atoms with Gasteiger partial charge in [-0.25, -0.2) is 0 Å². The third-order valence-electron chi connectivity index (χ3n) is 3.47. The van der Waals surface area contributed by atoms with Gasteiger partial charge in [0.2, 0.25) is 0 Å². The Hall–Kier alpha value is -2.82. The fraction of sp³-hybridized carbons (Fsp3) is 0.263. The van der Waals surface area contributed by atoms with Crippen LogP contribution in [0.4, 0.5) is 5.69 Å². The number of carbonyl (C=O) groups excluding carboxylic acids is 1. The van der Waals surface area contributed by atoms with Crippen LogP contribution >= 0.6 is 0 Å². The molecule has 0 aliphatic rings. The summed E-state index contributed by atoms with van der Waals surface area (Å²) in [5.74, 6) is 0.513. The lowest BCUT2D eigenvalue weighted by molar-refractivity contribution is -0.120. The maximum atomic E-state index is 11.8. The fourth-order valence-corrected chi connectivity index (χ4v) is 2.16. The fourth-order valence-electron chi connectivity index (χ4n) is 2.16. The van der Waals surface area contributed by atoms with Crippen LogP contribution in [0.15, 0.2) is 59.8 Å². The van der Waals surface area contributed by atoms with E-state index in [0.29, 0.717) is 18.2 Å². The lowest BCUT2D eigenvalue weighted by Gasteiger charge is -2.08. The van der Waals surface area contributed by atoms with Crippen molar-refractivity contribution in [3.05, 3.63) is 65.7 Å². The summed E-state index contributed by atoms with van der Waals surface area (Å²) in [4.78, 5) is 16.8. The summed E-state index contributed by atoms with van der Waals surface area (Å²) in [5.41, 5.74) is 8.78. The van der Waals surface area contributed by atoms with Gasteiger partial charge >= 0.3 is 0 Å². The van der Waals surface area contributed by atoms with E-state index in [0.717, 1.165) is 11.3 Å². The van der Waals surface area contributed by atoms with Crippen LogP contribution in [0.2, 0.25) is 0 Å². The highest BCUT2D eigenvalue weighted by Crippen LogP contribution is 2.16. The van der Waals surface area contributed by atoms with E-state index in [9.17, 15) is 4.79 Å². The van der Waals surface area contributed by atoms with Crippen LogP contribution in [0.5, 0.6) is 0 Å². The average Bonchev–Trinajstić information content (AvgIpc) is 2.56. The molecule has 0 unspecified atom stereocenters. The Morgan fingerprint density at radius 1 is 1.12 bits per heavy atom. The van der Waals surface area contributed by atoms with Crippen LogP contribution in [0.1, 0.15) is 30.9 Å². The first-order valence-electron chi connectivity index (χ1n) is 7.92. The van der Waals surface area contributed by atoms with Gasteiger partial charge in [-0.1, -0.05) is 61.5 Å². The van der Waals surface area contributed by atoms with Crippen molar-refractivity contribution in [2.75, 3.05) is 11.9 Å². The minimum absolute atomic E-state index is 0.179. The Bertz CT molecular complexity index is 680. The summed E-state index contributed by atoms with van der Waals surface area (Å²) >= 11 is 0. The van der Waals surface area contributed by atoms with E-state index in [2.05, 4.69) is 24.3 Å². The van der Waals surface area contributed by atoms with E-state index in [1.165, 1.54) is 5.56 Å². The Kier molecular flexibility index (Phi) is 6.37. The number of amidine groups is 1. The quantitative estimate of drug-likeness (QED) is 0.466. The van der Waals surface area contributed by atoms with Crippen LogP contribution < -0.4 is 11.1 Å². The number of anilines is 1. The SMILES string of the molecule is CC(C)c1ccc(NC(=O)CO/N=C(/N)Cc2ccccc2)cc1. The number of amides is 1. The van der Waals surface area contributed by atoms with Gasteiger partial charge in [0.15, 0.2) is 6.61 Å². The number of hydrogen-bond acceptors (Lipinski definition) is 3. The Balaban J connectivity index is 1.77. The number of benzene rings is 2. The first-order valence-corrected chi connectivity index (χ1v) is 7.92. The molecule has 2 aromatic rings. The van der Waals surface area contributed by atoms with Gasteiger partial charge < -0.3 is 15.9 Å². The predicted octanol–water partition coefficient (Wildman–Crippen LogP) is 3.28. The Morgan fingerprint density at radius 3 is 2.42 bits per heavy atom.